The number of sulfone groups is 1. The van der Waals surface area contributed by atoms with Gasteiger partial charge in [0, 0.05) is 13.0 Å². The number of nitrogens with one attached hydrogen (secondary N) is 1. The lowest BCUT2D eigenvalue weighted by atomic mass is 10.1. The van der Waals surface area contributed by atoms with Crippen LogP contribution in [-0.2, 0) is 25.8 Å². The van der Waals surface area contributed by atoms with Crippen LogP contribution in [0.2, 0.25) is 0 Å². The van der Waals surface area contributed by atoms with Crippen molar-refractivity contribution < 1.29 is 35.9 Å². The Hall–Kier alpha value is -2.88. The minimum Gasteiger partial charge on any atom is -0.426 e. The van der Waals surface area contributed by atoms with Crippen molar-refractivity contribution in [2.24, 2.45) is 0 Å². The largest absolute Gasteiger partial charge is 0.471 e. The standard InChI is InChI=1S/C21H22F3NO5S/c1-3-4-19(26)30-18-10-9-17(13-14(18)2)31(28,29)16-7-5-15(6-8-16)11-12-25-20(27)21(22,23)24/h5-10,13H,3-4,11-12H2,1-2H3,(H,25,27). The van der Waals surface area contributed by atoms with Crippen LogP contribution in [0.5, 0.6) is 5.75 Å². The molecule has 0 fully saturated rings. The SMILES string of the molecule is CCCC(=O)Oc1ccc(S(=O)(=O)c2ccc(CCNC(=O)C(F)(F)F)cc2)cc1C. The van der Waals surface area contributed by atoms with Gasteiger partial charge < -0.3 is 10.1 Å². The first kappa shape index (κ1) is 24.4. The molecule has 2 aromatic rings. The fourth-order valence-corrected chi connectivity index (χ4v) is 4.02. The van der Waals surface area contributed by atoms with Gasteiger partial charge in [0.15, 0.2) is 0 Å². The summed E-state index contributed by atoms with van der Waals surface area (Å²) in [4.78, 5) is 22.5. The van der Waals surface area contributed by atoms with Crippen molar-refractivity contribution in [2.75, 3.05) is 6.54 Å². The Morgan fingerprint density at radius 2 is 1.65 bits per heavy atom. The molecular weight excluding hydrogens is 435 g/mol. The number of amides is 1. The van der Waals surface area contributed by atoms with Crippen LogP contribution in [-0.4, -0.2) is 33.0 Å². The van der Waals surface area contributed by atoms with Crippen molar-refractivity contribution in [3.8, 4) is 5.75 Å². The van der Waals surface area contributed by atoms with E-state index >= 15 is 0 Å². The smallest absolute Gasteiger partial charge is 0.426 e. The molecule has 0 unspecified atom stereocenters. The lowest BCUT2D eigenvalue weighted by molar-refractivity contribution is -0.173. The molecule has 168 valence electrons. The summed E-state index contributed by atoms with van der Waals surface area (Å²) in [5.41, 5.74) is 1.05. The van der Waals surface area contributed by atoms with Crippen molar-refractivity contribution in [3.63, 3.8) is 0 Å². The maximum absolute atomic E-state index is 12.9. The number of carbonyl (C=O) groups excluding carboxylic acids is 2. The summed E-state index contributed by atoms with van der Waals surface area (Å²) in [5.74, 6) is -2.14. The van der Waals surface area contributed by atoms with E-state index in [2.05, 4.69) is 0 Å². The molecular formula is C21H22F3NO5S. The van der Waals surface area contributed by atoms with E-state index < -0.39 is 27.9 Å². The van der Waals surface area contributed by atoms with Crippen LogP contribution in [0.25, 0.3) is 0 Å². The number of aryl methyl sites for hydroxylation is 1. The van der Waals surface area contributed by atoms with E-state index in [1.807, 2.05) is 6.92 Å². The fraction of sp³-hybridized carbons (Fsp3) is 0.333. The third-order valence-corrected chi connectivity index (χ3v) is 6.09. The molecule has 0 bridgehead atoms. The Bertz CT molecular complexity index is 1050. The zero-order valence-electron chi connectivity index (χ0n) is 17.0. The molecule has 0 saturated carbocycles. The van der Waals surface area contributed by atoms with E-state index in [-0.39, 0.29) is 34.9 Å². The summed E-state index contributed by atoms with van der Waals surface area (Å²) in [7, 11) is -3.85. The lowest BCUT2D eigenvalue weighted by Crippen LogP contribution is -2.37. The number of rotatable bonds is 8. The maximum atomic E-state index is 12.9. The Kier molecular flexibility index (Phi) is 7.83. The monoisotopic (exact) mass is 457 g/mol. The number of carbonyl (C=O) groups is 2. The fourth-order valence-electron chi connectivity index (χ4n) is 2.67. The Morgan fingerprint density at radius 3 is 2.19 bits per heavy atom. The number of benzene rings is 2. The molecule has 0 heterocycles. The minimum atomic E-state index is -4.94. The van der Waals surface area contributed by atoms with Crippen molar-refractivity contribution in [2.45, 2.75) is 49.1 Å². The Labute approximate surface area is 178 Å². The Balaban J connectivity index is 2.09. The number of esters is 1. The third kappa shape index (κ3) is 6.55. The molecule has 0 atom stereocenters. The maximum Gasteiger partial charge on any atom is 0.471 e. The van der Waals surface area contributed by atoms with Gasteiger partial charge >= 0.3 is 18.1 Å². The number of alkyl halides is 3. The van der Waals surface area contributed by atoms with E-state index in [4.69, 9.17) is 4.74 Å². The van der Waals surface area contributed by atoms with Crippen molar-refractivity contribution in [1.82, 2.24) is 5.32 Å². The summed E-state index contributed by atoms with van der Waals surface area (Å²) in [6, 6.07) is 9.82. The number of halogens is 3. The molecule has 0 aromatic heterocycles. The van der Waals surface area contributed by atoms with Crippen LogP contribution in [0.3, 0.4) is 0 Å². The predicted octanol–water partition coefficient (Wildman–Crippen LogP) is 3.75. The molecule has 31 heavy (non-hydrogen) atoms. The van der Waals surface area contributed by atoms with Gasteiger partial charge in [0.1, 0.15) is 5.75 Å². The zero-order valence-corrected chi connectivity index (χ0v) is 17.8. The summed E-state index contributed by atoms with van der Waals surface area (Å²) >= 11 is 0. The normalized spacial score (nSPS) is 11.8. The number of hydrogen-bond acceptors (Lipinski definition) is 5. The van der Waals surface area contributed by atoms with Gasteiger partial charge in [-0.1, -0.05) is 19.1 Å². The molecule has 0 aliphatic heterocycles. The first-order valence-corrected chi connectivity index (χ1v) is 10.9. The van der Waals surface area contributed by atoms with Gasteiger partial charge in [0.05, 0.1) is 9.79 Å². The van der Waals surface area contributed by atoms with Crippen molar-refractivity contribution in [1.29, 1.82) is 0 Å². The Morgan fingerprint density at radius 1 is 1.03 bits per heavy atom. The van der Waals surface area contributed by atoms with Crippen molar-refractivity contribution in [3.05, 3.63) is 53.6 Å². The summed E-state index contributed by atoms with van der Waals surface area (Å²) in [6.07, 6.45) is -3.94. The summed E-state index contributed by atoms with van der Waals surface area (Å²) in [6.45, 7) is 3.24. The minimum absolute atomic E-state index is 0.00528. The molecule has 6 nitrogen and oxygen atoms in total. The van der Waals surface area contributed by atoms with E-state index in [0.29, 0.717) is 17.5 Å². The van der Waals surface area contributed by atoms with Gasteiger partial charge in [-0.2, -0.15) is 13.2 Å². The summed E-state index contributed by atoms with van der Waals surface area (Å²) in [5, 5.41) is 1.76. The van der Waals surface area contributed by atoms with E-state index in [1.54, 1.807) is 12.2 Å². The van der Waals surface area contributed by atoms with Crippen LogP contribution < -0.4 is 10.1 Å². The first-order valence-electron chi connectivity index (χ1n) is 9.45. The van der Waals surface area contributed by atoms with E-state index in [0.717, 1.165) is 0 Å². The van der Waals surface area contributed by atoms with E-state index in [9.17, 15) is 31.2 Å². The van der Waals surface area contributed by atoms with Crippen LogP contribution in [0.4, 0.5) is 13.2 Å². The van der Waals surface area contributed by atoms with Crippen molar-refractivity contribution >= 4 is 21.7 Å². The number of hydrogen-bond donors (Lipinski definition) is 1. The van der Waals surface area contributed by atoms with Gasteiger partial charge in [-0.05, 0) is 61.2 Å². The van der Waals surface area contributed by atoms with Crippen LogP contribution in [0, 0.1) is 6.92 Å². The van der Waals surface area contributed by atoms with Gasteiger partial charge in [-0.3, -0.25) is 9.59 Å². The molecule has 2 rings (SSSR count). The highest BCUT2D eigenvalue weighted by molar-refractivity contribution is 7.91. The molecule has 0 radical (unpaired) electrons. The van der Waals surface area contributed by atoms with Gasteiger partial charge in [0.2, 0.25) is 9.84 Å². The molecule has 0 saturated heterocycles. The molecule has 1 N–H and O–H groups in total. The lowest BCUT2D eigenvalue weighted by Gasteiger charge is -2.11. The second-order valence-corrected chi connectivity index (χ2v) is 8.75. The average molecular weight is 457 g/mol. The third-order valence-electron chi connectivity index (χ3n) is 4.32. The summed E-state index contributed by atoms with van der Waals surface area (Å²) < 4.78 is 67.4. The highest BCUT2D eigenvalue weighted by atomic mass is 32.2. The first-order chi connectivity index (χ1) is 14.4. The molecule has 0 aliphatic rings. The van der Waals surface area contributed by atoms with Crippen LogP contribution in [0.1, 0.15) is 30.9 Å². The van der Waals surface area contributed by atoms with Gasteiger partial charge in [-0.15, -0.1) is 0 Å². The number of ether oxygens (including phenoxy) is 1. The highest BCUT2D eigenvalue weighted by Gasteiger charge is 2.38. The predicted molar refractivity (Wildman–Crippen MR) is 106 cm³/mol. The van der Waals surface area contributed by atoms with Gasteiger partial charge in [0.25, 0.3) is 0 Å². The molecule has 1 amide bonds. The highest BCUT2D eigenvalue weighted by Crippen LogP contribution is 2.27. The molecule has 0 aliphatic carbocycles. The van der Waals surface area contributed by atoms with E-state index in [1.165, 1.54) is 42.5 Å². The van der Waals surface area contributed by atoms with Crippen LogP contribution >= 0.6 is 0 Å². The second-order valence-electron chi connectivity index (χ2n) is 6.80. The molecule has 0 spiro atoms. The molecule has 2 aromatic carbocycles. The topological polar surface area (TPSA) is 89.5 Å². The quantitative estimate of drug-likeness (QED) is 0.482. The zero-order chi connectivity index (χ0) is 23.2. The average Bonchev–Trinajstić information content (AvgIpc) is 2.69. The molecule has 10 heteroatoms. The van der Waals surface area contributed by atoms with Crippen LogP contribution in [0.15, 0.2) is 52.3 Å². The van der Waals surface area contributed by atoms with Gasteiger partial charge in [-0.25, -0.2) is 8.42 Å². The second kappa shape index (κ2) is 9.95.